The number of amides is 1. The van der Waals surface area contributed by atoms with E-state index in [4.69, 9.17) is 14.2 Å². The van der Waals surface area contributed by atoms with E-state index in [1.54, 1.807) is 39.5 Å². The number of methoxy groups -OCH3 is 3. The van der Waals surface area contributed by atoms with E-state index in [-0.39, 0.29) is 17.1 Å². The van der Waals surface area contributed by atoms with Crippen LogP contribution >= 0.6 is 11.8 Å². The maximum absolute atomic E-state index is 12.9. The first kappa shape index (κ1) is 27.1. The van der Waals surface area contributed by atoms with Crippen LogP contribution in [0.2, 0.25) is 0 Å². The summed E-state index contributed by atoms with van der Waals surface area (Å²) in [5, 5.41) is 12.4. The zero-order valence-corrected chi connectivity index (χ0v) is 23.3. The van der Waals surface area contributed by atoms with Gasteiger partial charge in [0.25, 0.3) is 0 Å². The Labute approximate surface area is 227 Å². The van der Waals surface area contributed by atoms with E-state index in [1.807, 2.05) is 28.8 Å². The van der Waals surface area contributed by atoms with Crippen LogP contribution in [0.5, 0.6) is 17.2 Å². The molecule has 1 heterocycles. The van der Waals surface area contributed by atoms with E-state index in [2.05, 4.69) is 60.6 Å². The van der Waals surface area contributed by atoms with Crippen LogP contribution in [0.3, 0.4) is 0 Å². The second-order valence-corrected chi connectivity index (χ2v) is 10.5. The minimum Gasteiger partial charge on any atom is -0.497 e. The number of thioether (sulfide) groups is 1. The first-order valence-corrected chi connectivity index (χ1v) is 13.1. The largest absolute Gasteiger partial charge is 0.497 e. The highest BCUT2D eigenvalue weighted by Crippen LogP contribution is 2.32. The fourth-order valence-corrected chi connectivity index (χ4v) is 4.60. The van der Waals surface area contributed by atoms with Crippen molar-refractivity contribution in [2.75, 3.05) is 32.4 Å². The van der Waals surface area contributed by atoms with E-state index < -0.39 is 0 Å². The minimum atomic E-state index is -0.196. The summed E-state index contributed by atoms with van der Waals surface area (Å²) in [4.78, 5) is 12.9. The number of nitrogens with one attached hydrogen (secondary N) is 1. The molecule has 0 saturated heterocycles. The molecule has 0 unspecified atom stereocenters. The van der Waals surface area contributed by atoms with Crippen molar-refractivity contribution in [1.82, 2.24) is 14.8 Å². The van der Waals surface area contributed by atoms with Crippen LogP contribution in [-0.4, -0.2) is 47.8 Å². The monoisotopic (exact) mass is 532 g/mol. The molecule has 38 heavy (non-hydrogen) atoms. The van der Waals surface area contributed by atoms with Gasteiger partial charge in [0.15, 0.2) is 11.0 Å². The second kappa shape index (κ2) is 11.6. The number of carbonyl (C=O) groups is 1. The van der Waals surface area contributed by atoms with Crippen molar-refractivity contribution >= 4 is 23.4 Å². The summed E-state index contributed by atoms with van der Waals surface area (Å²) in [6, 6.07) is 21.3. The van der Waals surface area contributed by atoms with Crippen LogP contribution in [0.4, 0.5) is 5.69 Å². The van der Waals surface area contributed by atoms with Crippen LogP contribution in [0.25, 0.3) is 17.1 Å². The van der Waals surface area contributed by atoms with Gasteiger partial charge in [0, 0.05) is 17.3 Å². The van der Waals surface area contributed by atoms with Gasteiger partial charge in [-0.3, -0.25) is 9.36 Å². The van der Waals surface area contributed by atoms with Crippen LogP contribution in [0.1, 0.15) is 26.3 Å². The Bertz CT molecular complexity index is 1390. The molecule has 1 amide bonds. The summed E-state index contributed by atoms with van der Waals surface area (Å²) in [5.41, 5.74) is 3.64. The molecule has 0 fully saturated rings. The summed E-state index contributed by atoms with van der Waals surface area (Å²) in [6.45, 7) is 6.55. The third kappa shape index (κ3) is 6.11. The molecule has 0 radical (unpaired) electrons. The standard InChI is InChI=1S/C29H32N4O4S/c1-29(2,3)20-9-7-19(8-10-20)27-31-32-28(33(27)21-11-13-22(35-4)14-12-21)38-18-26(34)30-24-16-15-23(36-5)17-25(24)37-6/h7-17H,18H2,1-6H3,(H,30,34). The first-order valence-electron chi connectivity index (χ1n) is 12.1. The van der Waals surface area contributed by atoms with Gasteiger partial charge in [-0.2, -0.15) is 0 Å². The van der Waals surface area contributed by atoms with Gasteiger partial charge in [-0.15, -0.1) is 10.2 Å². The molecule has 9 heteroatoms. The van der Waals surface area contributed by atoms with Gasteiger partial charge in [-0.1, -0.05) is 56.8 Å². The molecule has 3 aromatic carbocycles. The van der Waals surface area contributed by atoms with Crippen molar-refractivity contribution in [3.8, 4) is 34.3 Å². The summed E-state index contributed by atoms with van der Waals surface area (Å²) in [6.07, 6.45) is 0. The van der Waals surface area contributed by atoms with Crippen molar-refractivity contribution < 1.29 is 19.0 Å². The predicted molar refractivity (Wildman–Crippen MR) is 151 cm³/mol. The lowest BCUT2D eigenvalue weighted by atomic mass is 9.87. The number of benzene rings is 3. The molecule has 198 valence electrons. The second-order valence-electron chi connectivity index (χ2n) is 9.57. The molecule has 8 nitrogen and oxygen atoms in total. The van der Waals surface area contributed by atoms with Crippen molar-refractivity contribution in [2.24, 2.45) is 0 Å². The molecular formula is C29H32N4O4S. The van der Waals surface area contributed by atoms with Gasteiger partial charge in [-0.05, 0) is 47.4 Å². The highest BCUT2D eigenvalue weighted by Gasteiger charge is 2.19. The lowest BCUT2D eigenvalue weighted by molar-refractivity contribution is -0.113. The predicted octanol–water partition coefficient (Wildman–Crippen LogP) is 5.99. The molecule has 4 rings (SSSR count). The summed E-state index contributed by atoms with van der Waals surface area (Å²) in [5.74, 6) is 2.54. The molecule has 0 aliphatic heterocycles. The van der Waals surface area contributed by atoms with Crippen LogP contribution < -0.4 is 19.5 Å². The van der Waals surface area contributed by atoms with Crippen molar-refractivity contribution in [3.63, 3.8) is 0 Å². The Morgan fingerprint density at radius 1 is 0.868 bits per heavy atom. The fraction of sp³-hybridized carbons (Fsp3) is 0.276. The van der Waals surface area contributed by atoms with Gasteiger partial charge >= 0.3 is 0 Å². The number of rotatable bonds is 9. The number of carbonyl (C=O) groups excluding carboxylic acids is 1. The van der Waals surface area contributed by atoms with E-state index in [1.165, 1.54) is 17.3 Å². The Balaban J connectivity index is 1.61. The van der Waals surface area contributed by atoms with E-state index in [9.17, 15) is 4.79 Å². The first-order chi connectivity index (χ1) is 18.2. The molecular weight excluding hydrogens is 500 g/mol. The summed E-state index contributed by atoms with van der Waals surface area (Å²) in [7, 11) is 4.76. The number of hydrogen-bond acceptors (Lipinski definition) is 7. The third-order valence-corrected chi connectivity index (χ3v) is 6.92. The number of aromatic nitrogens is 3. The molecule has 0 aliphatic rings. The molecule has 1 aromatic heterocycles. The average molecular weight is 533 g/mol. The maximum atomic E-state index is 12.9. The normalized spacial score (nSPS) is 11.2. The highest BCUT2D eigenvalue weighted by atomic mass is 32.2. The lowest BCUT2D eigenvalue weighted by Crippen LogP contribution is -2.15. The van der Waals surface area contributed by atoms with Crippen LogP contribution in [0.15, 0.2) is 71.9 Å². The van der Waals surface area contributed by atoms with E-state index >= 15 is 0 Å². The van der Waals surface area contributed by atoms with Crippen molar-refractivity contribution in [3.05, 3.63) is 72.3 Å². The maximum Gasteiger partial charge on any atom is 0.234 e. The minimum absolute atomic E-state index is 0.0448. The Morgan fingerprint density at radius 3 is 2.13 bits per heavy atom. The molecule has 0 spiro atoms. The average Bonchev–Trinajstić information content (AvgIpc) is 3.35. The van der Waals surface area contributed by atoms with Gasteiger partial charge in [0.1, 0.15) is 17.2 Å². The number of ether oxygens (including phenoxy) is 3. The molecule has 1 N–H and O–H groups in total. The highest BCUT2D eigenvalue weighted by molar-refractivity contribution is 7.99. The van der Waals surface area contributed by atoms with Gasteiger partial charge in [0.2, 0.25) is 5.91 Å². The topological polar surface area (TPSA) is 87.5 Å². The number of nitrogens with zero attached hydrogens (tertiary/aromatic N) is 3. The van der Waals surface area contributed by atoms with Gasteiger partial charge in [0.05, 0.1) is 32.8 Å². The van der Waals surface area contributed by atoms with Gasteiger partial charge in [-0.25, -0.2) is 0 Å². The Morgan fingerprint density at radius 2 is 1.53 bits per heavy atom. The SMILES string of the molecule is COc1ccc(-n2c(SCC(=O)Nc3ccc(OC)cc3OC)nnc2-c2ccc(C(C)(C)C)cc2)cc1. The smallest absolute Gasteiger partial charge is 0.234 e. The number of anilines is 1. The van der Waals surface area contributed by atoms with Crippen molar-refractivity contribution in [1.29, 1.82) is 0 Å². The Kier molecular flexibility index (Phi) is 8.26. The number of hydrogen-bond donors (Lipinski definition) is 1. The molecule has 0 saturated carbocycles. The molecule has 4 aromatic rings. The third-order valence-electron chi connectivity index (χ3n) is 5.99. The lowest BCUT2D eigenvalue weighted by Gasteiger charge is -2.19. The zero-order valence-electron chi connectivity index (χ0n) is 22.4. The Hall–Kier alpha value is -3.98. The molecule has 0 aliphatic carbocycles. The van der Waals surface area contributed by atoms with Crippen LogP contribution in [0, 0.1) is 0 Å². The van der Waals surface area contributed by atoms with Crippen LogP contribution in [-0.2, 0) is 10.2 Å². The van der Waals surface area contributed by atoms with Gasteiger partial charge < -0.3 is 19.5 Å². The molecule has 0 bridgehead atoms. The molecule has 0 atom stereocenters. The van der Waals surface area contributed by atoms with Crippen molar-refractivity contribution in [2.45, 2.75) is 31.3 Å². The summed E-state index contributed by atoms with van der Waals surface area (Å²) >= 11 is 1.30. The zero-order chi connectivity index (χ0) is 27.3. The van der Waals surface area contributed by atoms with E-state index in [0.717, 1.165) is 17.0 Å². The fourth-order valence-electron chi connectivity index (χ4n) is 3.85. The quantitative estimate of drug-likeness (QED) is 0.265. The van der Waals surface area contributed by atoms with E-state index in [0.29, 0.717) is 28.2 Å². The summed E-state index contributed by atoms with van der Waals surface area (Å²) < 4.78 is 17.9.